The minimum absolute atomic E-state index is 0.298. The van der Waals surface area contributed by atoms with Gasteiger partial charge in [-0.25, -0.2) is 9.37 Å². The van der Waals surface area contributed by atoms with Gasteiger partial charge in [0.2, 0.25) is 0 Å². The molecule has 0 bridgehead atoms. The number of aryl methyl sites for hydroxylation is 2. The smallest absolute Gasteiger partial charge is 0.123 e. The van der Waals surface area contributed by atoms with Gasteiger partial charge in [-0.2, -0.15) is 0 Å². The Morgan fingerprint density at radius 3 is 2.38 bits per heavy atom. The van der Waals surface area contributed by atoms with Crippen LogP contribution in [0.25, 0.3) is 0 Å². The Balaban J connectivity index is 2.35. The summed E-state index contributed by atoms with van der Waals surface area (Å²) in [4.78, 5) is 5.08. The highest BCUT2D eigenvalue weighted by atomic mass is 32.1. The van der Waals surface area contributed by atoms with Gasteiger partial charge in [-0.15, -0.1) is 11.3 Å². The van der Waals surface area contributed by atoms with Crippen molar-refractivity contribution in [3.8, 4) is 0 Å². The predicted octanol–water partition coefficient (Wildman–Crippen LogP) is 2.98. The largest absolute Gasteiger partial charge is 0.383 e. The second-order valence-electron chi connectivity index (χ2n) is 3.64. The number of aromatic nitrogens is 1. The molecule has 1 aromatic carbocycles. The molecular formula is C12H12FNOS. The Bertz CT molecular complexity index is 492. The van der Waals surface area contributed by atoms with Gasteiger partial charge >= 0.3 is 0 Å². The highest BCUT2D eigenvalue weighted by molar-refractivity contribution is 7.11. The van der Waals surface area contributed by atoms with Crippen LogP contribution >= 0.6 is 11.3 Å². The fourth-order valence-corrected chi connectivity index (χ4v) is 2.54. The van der Waals surface area contributed by atoms with Gasteiger partial charge in [0, 0.05) is 0 Å². The SMILES string of the molecule is Cc1nc(C)c(C(O)c2ccc(F)cc2)s1. The van der Waals surface area contributed by atoms with Crippen LogP contribution in [0.5, 0.6) is 0 Å². The lowest BCUT2D eigenvalue weighted by Crippen LogP contribution is -1.99. The Kier molecular flexibility index (Phi) is 3.03. The van der Waals surface area contributed by atoms with E-state index in [9.17, 15) is 9.50 Å². The molecule has 0 saturated carbocycles. The molecule has 2 rings (SSSR count). The molecule has 0 aliphatic rings. The van der Waals surface area contributed by atoms with E-state index in [0.717, 1.165) is 15.6 Å². The van der Waals surface area contributed by atoms with Gasteiger partial charge < -0.3 is 5.11 Å². The van der Waals surface area contributed by atoms with Crippen LogP contribution in [-0.2, 0) is 0 Å². The lowest BCUT2D eigenvalue weighted by Gasteiger charge is -2.09. The Morgan fingerprint density at radius 2 is 1.88 bits per heavy atom. The number of aliphatic hydroxyl groups is 1. The van der Waals surface area contributed by atoms with Crippen LogP contribution in [0.4, 0.5) is 4.39 Å². The molecule has 0 aliphatic heterocycles. The summed E-state index contributed by atoms with van der Waals surface area (Å²) < 4.78 is 12.7. The number of hydrogen-bond acceptors (Lipinski definition) is 3. The van der Waals surface area contributed by atoms with Crippen LogP contribution in [0.3, 0.4) is 0 Å². The maximum atomic E-state index is 12.7. The molecule has 1 N–H and O–H groups in total. The molecule has 0 amide bonds. The van der Waals surface area contributed by atoms with Crippen molar-refractivity contribution in [1.29, 1.82) is 0 Å². The second kappa shape index (κ2) is 4.31. The zero-order valence-electron chi connectivity index (χ0n) is 9.07. The zero-order valence-corrected chi connectivity index (χ0v) is 9.88. The normalized spacial score (nSPS) is 12.8. The van der Waals surface area contributed by atoms with E-state index in [-0.39, 0.29) is 5.82 Å². The van der Waals surface area contributed by atoms with Gasteiger partial charge in [0.1, 0.15) is 11.9 Å². The zero-order chi connectivity index (χ0) is 11.7. The minimum Gasteiger partial charge on any atom is -0.383 e. The average Bonchev–Trinajstić information content (AvgIpc) is 2.58. The summed E-state index contributed by atoms with van der Waals surface area (Å²) >= 11 is 1.47. The first-order valence-corrected chi connectivity index (χ1v) is 5.77. The van der Waals surface area contributed by atoms with Gasteiger partial charge in [-0.05, 0) is 31.5 Å². The summed E-state index contributed by atoms with van der Waals surface area (Å²) in [5.74, 6) is -0.298. The third-order valence-electron chi connectivity index (χ3n) is 2.37. The van der Waals surface area contributed by atoms with Gasteiger partial charge in [-0.3, -0.25) is 0 Å². The summed E-state index contributed by atoms with van der Waals surface area (Å²) in [6.45, 7) is 3.77. The second-order valence-corrected chi connectivity index (χ2v) is 4.87. The minimum atomic E-state index is -0.716. The number of thiazole rings is 1. The maximum absolute atomic E-state index is 12.7. The number of rotatable bonds is 2. The van der Waals surface area contributed by atoms with Crippen molar-refractivity contribution in [2.75, 3.05) is 0 Å². The van der Waals surface area contributed by atoms with Crippen LogP contribution in [0.15, 0.2) is 24.3 Å². The van der Waals surface area contributed by atoms with Crippen molar-refractivity contribution < 1.29 is 9.50 Å². The summed E-state index contributed by atoms with van der Waals surface area (Å²) in [5.41, 5.74) is 1.52. The van der Waals surface area contributed by atoms with Crippen LogP contribution in [0.2, 0.25) is 0 Å². The van der Waals surface area contributed by atoms with Gasteiger partial charge in [0.05, 0.1) is 15.6 Å². The van der Waals surface area contributed by atoms with Crippen molar-refractivity contribution in [2.24, 2.45) is 0 Å². The Morgan fingerprint density at radius 1 is 1.25 bits per heavy atom. The number of aliphatic hydroxyl groups excluding tert-OH is 1. The van der Waals surface area contributed by atoms with Crippen LogP contribution in [0.1, 0.15) is 27.2 Å². The first kappa shape index (κ1) is 11.2. The topological polar surface area (TPSA) is 33.1 Å². The highest BCUT2D eigenvalue weighted by Gasteiger charge is 2.16. The highest BCUT2D eigenvalue weighted by Crippen LogP contribution is 2.29. The van der Waals surface area contributed by atoms with Gasteiger partial charge in [0.15, 0.2) is 0 Å². The standard InChI is InChI=1S/C12H12FNOS/c1-7-12(16-8(2)14-7)11(15)9-3-5-10(13)6-4-9/h3-6,11,15H,1-2H3. The first-order chi connectivity index (χ1) is 7.58. The molecule has 0 radical (unpaired) electrons. The summed E-state index contributed by atoms with van der Waals surface area (Å²) in [7, 11) is 0. The van der Waals surface area contributed by atoms with E-state index in [2.05, 4.69) is 4.98 Å². The van der Waals surface area contributed by atoms with E-state index in [1.165, 1.54) is 23.5 Å². The summed E-state index contributed by atoms with van der Waals surface area (Å²) in [6, 6.07) is 5.88. The van der Waals surface area contributed by atoms with E-state index >= 15 is 0 Å². The third kappa shape index (κ3) is 2.13. The Hall–Kier alpha value is -1.26. The molecule has 2 nitrogen and oxygen atoms in total. The molecular weight excluding hydrogens is 225 g/mol. The molecule has 1 aromatic heterocycles. The van der Waals surface area contributed by atoms with Crippen molar-refractivity contribution in [3.63, 3.8) is 0 Å². The fraction of sp³-hybridized carbons (Fsp3) is 0.250. The number of halogens is 1. The maximum Gasteiger partial charge on any atom is 0.123 e. The van der Waals surface area contributed by atoms with Crippen LogP contribution in [0, 0.1) is 19.7 Å². The van der Waals surface area contributed by atoms with E-state index in [4.69, 9.17) is 0 Å². The molecule has 1 heterocycles. The monoisotopic (exact) mass is 237 g/mol. The van der Waals surface area contributed by atoms with E-state index in [1.807, 2.05) is 13.8 Å². The van der Waals surface area contributed by atoms with Gasteiger partial charge in [-0.1, -0.05) is 12.1 Å². The number of nitrogens with zero attached hydrogens (tertiary/aromatic N) is 1. The molecule has 16 heavy (non-hydrogen) atoms. The molecule has 2 aromatic rings. The molecule has 1 atom stereocenters. The molecule has 1 unspecified atom stereocenters. The molecule has 4 heteroatoms. The molecule has 0 saturated heterocycles. The lowest BCUT2D eigenvalue weighted by atomic mass is 10.1. The molecule has 0 aliphatic carbocycles. The van der Waals surface area contributed by atoms with Gasteiger partial charge in [0.25, 0.3) is 0 Å². The van der Waals surface area contributed by atoms with Crippen molar-refractivity contribution in [3.05, 3.63) is 51.2 Å². The van der Waals surface area contributed by atoms with Crippen molar-refractivity contribution >= 4 is 11.3 Å². The molecule has 84 valence electrons. The van der Waals surface area contributed by atoms with Crippen molar-refractivity contribution in [2.45, 2.75) is 20.0 Å². The van der Waals surface area contributed by atoms with Crippen LogP contribution in [-0.4, -0.2) is 10.1 Å². The third-order valence-corrected chi connectivity index (χ3v) is 3.50. The number of hydrogen-bond donors (Lipinski definition) is 1. The van der Waals surface area contributed by atoms with E-state index in [0.29, 0.717) is 5.56 Å². The molecule has 0 fully saturated rings. The van der Waals surface area contributed by atoms with Crippen LogP contribution < -0.4 is 0 Å². The lowest BCUT2D eigenvalue weighted by molar-refractivity contribution is 0.223. The Labute approximate surface area is 97.4 Å². The predicted molar refractivity (Wildman–Crippen MR) is 62.0 cm³/mol. The van der Waals surface area contributed by atoms with E-state index < -0.39 is 6.10 Å². The van der Waals surface area contributed by atoms with Crippen molar-refractivity contribution in [1.82, 2.24) is 4.98 Å². The number of benzene rings is 1. The average molecular weight is 237 g/mol. The molecule has 0 spiro atoms. The summed E-state index contributed by atoms with van der Waals surface area (Å²) in [5, 5.41) is 11.0. The van der Waals surface area contributed by atoms with E-state index in [1.54, 1.807) is 12.1 Å². The first-order valence-electron chi connectivity index (χ1n) is 4.95. The fourth-order valence-electron chi connectivity index (χ4n) is 1.60. The summed E-state index contributed by atoms with van der Waals surface area (Å²) in [6.07, 6.45) is -0.716. The quantitative estimate of drug-likeness (QED) is 0.871.